The molecule has 0 unspecified atom stereocenters. The lowest BCUT2D eigenvalue weighted by Crippen LogP contribution is -2.01. The maximum Gasteiger partial charge on any atom is 0.156 e. The lowest BCUT2D eigenvalue weighted by molar-refractivity contribution is 0.156. The molecule has 0 saturated carbocycles. The first-order valence-corrected chi connectivity index (χ1v) is 3.79. The number of aliphatic hydroxyl groups is 1. The molecule has 0 aliphatic heterocycles. The van der Waals surface area contributed by atoms with Gasteiger partial charge in [0.05, 0.1) is 0 Å². The highest BCUT2D eigenvalue weighted by Gasteiger charge is 2.06. The van der Waals surface area contributed by atoms with E-state index in [4.69, 9.17) is 0 Å². The van der Waals surface area contributed by atoms with E-state index in [0.717, 1.165) is 12.8 Å². The Morgan fingerprint density at radius 3 is 2.64 bits per heavy atom. The van der Waals surface area contributed by atoms with Crippen molar-refractivity contribution in [3.8, 4) is 0 Å². The van der Waals surface area contributed by atoms with E-state index in [1.54, 1.807) is 18.5 Å². The molecule has 11 heavy (non-hydrogen) atoms. The van der Waals surface area contributed by atoms with E-state index in [9.17, 15) is 5.11 Å². The zero-order valence-electron chi connectivity index (χ0n) is 6.57. The summed E-state index contributed by atoms with van der Waals surface area (Å²) < 4.78 is 0. The molecule has 0 saturated heterocycles. The maximum absolute atomic E-state index is 9.40. The van der Waals surface area contributed by atoms with Crippen molar-refractivity contribution in [2.75, 3.05) is 0 Å². The molecule has 3 heteroatoms. The number of aliphatic hydroxyl groups excluding tert-OH is 1. The van der Waals surface area contributed by atoms with Crippen LogP contribution >= 0.6 is 0 Å². The van der Waals surface area contributed by atoms with Crippen LogP contribution in [0.2, 0.25) is 0 Å². The molecular weight excluding hydrogens is 140 g/mol. The van der Waals surface area contributed by atoms with Gasteiger partial charge in [-0.15, -0.1) is 0 Å². The largest absolute Gasteiger partial charge is 0.385 e. The third-order valence-corrected chi connectivity index (χ3v) is 1.45. The van der Waals surface area contributed by atoms with E-state index in [1.165, 1.54) is 0 Å². The van der Waals surface area contributed by atoms with Crippen LogP contribution in [0.5, 0.6) is 0 Å². The zero-order valence-corrected chi connectivity index (χ0v) is 6.57. The van der Waals surface area contributed by atoms with Crippen LogP contribution in [0.15, 0.2) is 18.5 Å². The Hall–Kier alpha value is -0.960. The summed E-state index contributed by atoms with van der Waals surface area (Å²) in [7, 11) is 0. The third-order valence-electron chi connectivity index (χ3n) is 1.45. The minimum Gasteiger partial charge on any atom is -0.385 e. The van der Waals surface area contributed by atoms with Gasteiger partial charge in [-0.05, 0) is 12.5 Å². The molecule has 1 atom stereocenters. The predicted octanol–water partition coefficient (Wildman–Crippen LogP) is 1.31. The molecule has 0 fully saturated rings. The summed E-state index contributed by atoms with van der Waals surface area (Å²) in [6.45, 7) is 2.02. The number of rotatable bonds is 3. The molecule has 1 heterocycles. The number of aromatic nitrogens is 2. The summed E-state index contributed by atoms with van der Waals surface area (Å²) >= 11 is 0. The summed E-state index contributed by atoms with van der Waals surface area (Å²) in [5.74, 6) is 0.523. The highest BCUT2D eigenvalue weighted by molar-refractivity contribution is 4.91. The molecular formula is C8H12N2O. The SMILES string of the molecule is CCC[C@H](O)c1ncccn1. The molecule has 0 spiro atoms. The van der Waals surface area contributed by atoms with Gasteiger partial charge in [0, 0.05) is 12.4 Å². The van der Waals surface area contributed by atoms with E-state index >= 15 is 0 Å². The second kappa shape index (κ2) is 4.03. The predicted molar refractivity (Wildman–Crippen MR) is 41.9 cm³/mol. The van der Waals surface area contributed by atoms with Gasteiger partial charge in [0.15, 0.2) is 5.82 Å². The van der Waals surface area contributed by atoms with Gasteiger partial charge >= 0.3 is 0 Å². The van der Waals surface area contributed by atoms with Gasteiger partial charge in [0.2, 0.25) is 0 Å². The minimum absolute atomic E-state index is 0.499. The van der Waals surface area contributed by atoms with Gasteiger partial charge in [0.25, 0.3) is 0 Å². The summed E-state index contributed by atoms with van der Waals surface area (Å²) in [5.41, 5.74) is 0. The second-order valence-corrected chi connectivity index (χ2v) is 2.41. The van der Waals surface area contributed by atoms with Crippen molar-refractivity contribution in [2.24, 2.45) is 0 Å². The van der Waals surface area contributed by atoms with Crippen molar-refractivity contribution >= 4 is 0 Å². The summed E-state index contributed by atoms with van der Waals surface area (Å²) in [6.07, 6.45) is 4.45. The summed E-state index contributed by atoms with van der Waals surface area (Å²) in [6, 6.07) is 1.74. The van der Waals surface area contributed by atoms with Crippen molar-refractivity contribution in [1.82, 2.24) is 9.97 Å². The topological polar surface area (TPSA) is 46.0 Å². The molecule has 1 aromatic heterocycles. The van der Waals surface area contributed by atoms with Gasteiger partial charge in [-0.3, -0.25) is 0 Å². The Morgan fingerprint density at radius 1 is 1.45 bits per heavy atom. The molecule has 1 aromatic rings. The molecule has 0 bridgehead atoms. The molecule has 0 amide bonds. The first-order chi connectivity index (χ1) is 5.34. The number of nitrogens with zero attached hydrogens (tertiary/aromatic N) is 2. The van der Waals surface area contributed by atoms with Crippen LogP contribution in [0.4, 0.5) is 0 Å². The average molecular weight is 152 g/mol. The maximum atomic E-state index is 9.40. The second-order valence-electron chi connectivity index (χ2n) is 2.41. The first kappa shape index (κ1) is 8.14. The van der Waals surface area contributed by atoms with E-state index in [1.807, 2.05) is 6.92 Å². The van der Waals surface area contributed by atoms with Crippen LogP contribution in [0, 0.1) is 0 Å². The van der Waals surface area contributed by atoms with Crippen LogP contribution in [-0.4, -0.2) is 15.1 Å². The van der Waals surface area contributed by atoms with Crippen molar-refractivity contribution < 1.29 is 5.11 Å². The fraction of sp³-hybridized carbons (Fsp3) is 0.500. The Morgan fingerprint density at radius 2 is 2.09 bits per heavy atom. The van der Waals surface area contributed by atoms with Crippen molar-refractivity contribution in [2.45, 2.75) is 25.9 Å². The Bertz CT molecular complexity index is 201. The highest BCUT2D eigenvalue weighted by Crippen LogP contribution is 2.11. The van der Waals surface area contributed by atoms with Crippen molar-refractivity contribution in [3.63, 3.8) is 0 Å². The normalized spacial score (nSPS) is 12.9. The number of hydrogen-bond donors (Lipinski definition) is 1. The lowest BCUT2D eigenvalue weighted by Gasteiger charge is -2.05. The molecule has 1 N–H and O–H groups in total. The van der Waals surface area contributed by atoms with Crippen LogP contribution < -0.4 is 0 Å². The van der Waals surface area contributed by atoms with E-state index in [-0.39, 0.29) is 0 Å². The third kappa shape index (κ3) is 2.27. The molecule has 0 radical (unpaired) electrons. The van der Waals surface area contributed by atoms with Crippen LogP contribution in [-0.2, 0) is 0 Å². The molecule has 0 aromatic carbocycles. The lowest BCUT2D eigenvalue weighted by atomic mass is 10.2. The Labute approximate surface area is 66.1 Å². The number of hydrogen-bond acceptors (Lipinski definition) is 3. The van der Waals surface area contributed by atoms with Gasteiger partial charge in [-0.1, -0.05) is 13.3 Å². The van der Waals surface area contributed by atoms with E-state index < -0.39 is 6.10 Å². The van der Waals surface area contributed by atoms with Gasteiger partial charge in [-0.2, -0.15) is 0 Å². The molecule has 0 aliphatic rings. The standard InChI is InChI=1S/C8H12N2O/c1-2-4-7(11)8-9-5-3-6-10-8/h3,5-7,11H,2,4H2,1H3/t7-/m0/s1. The zero-order chi connectivity index (χ0) is 8.10. The summed E-state index contributed by atoms with van der Waals surface area (Å²) in [5, 5.41) is 9.40. The van der Waals surface area contributed by atoms with Gasteiger partial charge in [0.1, 0.15) is 6.10 Å². The molecule has 1 rings (SSSR count). The smallest absolute Gasteiger partial charge is 0.156 e. The molecule has 3 nitrogen and oxygen atoms in total. The molecule has 60 valence electrons. The van der Waals surface area contributed by atoms with E-state index in [2.05, 4.69) is 9.97 Å². The van der Waals surface area contributed by atoms with Crippen molar-refractivity contribution in [1.29, 1.82) is 0 Å². The van der Waals surface area contributed by atoms with Gasteiger partial charge < -0.3 is 5.11 Å². The summed E-state index contributed by atoms with van der Waals surface area (Å²) in [4.78, 5) is 7.87. The van der Waals surface area contributed by atoms with Crippen LogP contribution in [0.3, 0.4) is 0 Å². The fourth-order valence-electron chi connectivity index (χ4n) is 0.885. The first-order valence-electron chi connectivity index (χ1n) is 3.79. The van der Waals surface area contributed by atoms with Crippen LogP contribution in [0.1, 0.15) is 31.7 Å². The van der Waals surface area contributed by atoms with E-state index in [0.29, 0.717) is 5.82 Å². The van der Waals surface area contributed by atoms with Crippen molar-refractivity contribution in [3.05, 3.63) is 24.3 Å². The Kier molecular flexibility index (Phi) is 2.98. The minimum atomic E-state index is -0.499. The average Bonchev–Trinajstić information content (AvgIpc) is 2.07. The highest BCUT2D eigenvalue weighted by atomic mass is 16.3. The Balaban J connectivity index is 2.61. The fourth-order valence-corrected chi connectivity index (χ4v) is 0.885. The van der Waals surface area contributed by atoms with Crippen LogP contribution in [0.25, 0.3) is 0 Å². The monoisotopic (exact) mass is 152 g/mol. The quantitative estimate of drug-likeness (QED) is 0.710. The van der Waals surface area contributed by atoms with Gasteiger partial charge in [-0.25, -0.2) is 9.97 Å². The molecule has 0 aliphatic carbocycles.